The fourth-order valence-corrected chi connectivity index (χ4v) is 5.41. The maximum atomic E-state index is 14.9. The Labute approximate surface area is 185 Å². The molecule has 2 amide bonds. The molecule has 7 atom stereocenters. The van der Waals surface area contributed by atoms with Crippen LogP contribution in [0.3, 0.4) is 0 Å². The number of Topliss-reactive ketones (excluding diaryl/α,β-unsaturated/α-hetero) is 1. The van der Waals surface area contributed by atoms with Crippen LogP contribution in [0, 0.1) is 5.92 Å². The fourth-order valence-electron chi connectivity index (χ4n) is 5.41. The molecule has 4 aliphatic heterocycles. The molecule has 1 aromatic carbocycles. The van der Waals surface area contributed by atoms with E-state index >= 15 is 0 Å². The predicted octanol–water partition coefficient (Wildman–Crippen LogP) is 0.643. The number of hydrogen-bond donors (Lipinski definition) is 2. The van der Waals surface area contributed by atoms with Gasteiger partial charge in [-0.1, -0.05) is 19.1 Å². The molecule has 3 fully saturated rings. The summed E-state index contributed by atoms with van der Waals surface area (Å²) >= 11 is 0. The molecule has 3 unspecified atom stereocenters. The maximum absolute atomic E-state index is 14.9. The van der Waals surface area contributed by atoms with Crippen LogP contribution in [0.25, 0.3) is 0 Å². The summed E-state index contributed by atoms with van der Waals surface area (Å²) in [6, 6.07) is 5.24. The molecule has 5 rings (SSSR count). The third-order valence-electron chi connectivity index (χ3n) is 7.08. The van der Waals surface area contributed by atoms with Gasteiger partial charge in [0.25, 0.3) is 5.91 Å². The Morgan fingerprint density at radius 1 is 1.31 bits per heavy atom. The van der Waals surface area contributed by atoms with E-state index in [2.05, 4.69) is 15.6 Å². The first-order valence-corrected chi connectivity index (χ1v) is 11.2. The molecule has 1 aromatic rings. The number of fused-ring (bicyclic) bond motifs is 3. The van der Waals surface area contributed by atoms with E-state index in [0.717, 1.165) is 24.9 Å². The molecule has 3 saturated heterocycles. The third kappa shape index (κ3) is 3.58. The summed E-state index contributed by atoms with van der Waals surface area (Å²) in [5.41, 5.74) is 1.57. The predicted molar refractivity (Wildman–Crippen MR) is 114 cm³/mol. The summed E-state index contributed by atoms with van der Waals surface area (Å²) in [7, 11) is 0. The smallest absolute Gasteiger partial charge is 0.251 e. The Hall–Kier alpha value is -2.81. The van der Waals surface area contributed by atoms with Crippen LogP contribution >= 0.6 is 0 Å². The lowest BCUT2D eigenvalue weighted by atomic mass is 9.86. The van der Waals surface area contributed by atoms with E-state index in [1.54, 1.807) is 18.5 Å². The molecule has 2 N–H and O–H groups in total. The van der Waals surface area contributed by atoms with Crippen molar-refractivity contribution in [3.8, 4) is 0 Å². The molecular formula is C23H27FN4O4. The van der Waals surface area contributed by atoms with Crippen molar-refractivity contribution in [1.29, 1.82) is 0 Å². The third-order valence-corrected chi connectivity index (χ3v) is 7.08. The number of benzene rings is 1. The first-order valence-electron chi connectivity index (χ1n) is 11.2. The lowest BCUT2D eigenvalue weighted by Crippen LogP contribution is -2.61. The molecular weight excluding hydrogens is 415 g/mol. The zero-order chi connectivity index (χ0) is 22.4. The minimum atomic E-state index is -1.39. The van der Waals surface area contributed by atoms with E-state index in [1.165, 1.54) is 4.90 Å². The van der Waals surface area contributed by atoms with Crippen molar-refractivity contribution < 1.29 is 23.5 Å². The average Bonchev–Trinajstić information content (AvgIpc) is 3.50. The second-order valence-electron chi connectivity index (χ2n) is 9.18. The number of hydrogen-bond acceptors (Lipinski definition) is 6. The number of aryl methyl sites for hydroxylation is 1. The molecule has 0 radical (unpaired) electrons. The van der Waals surface area contributed by atoms with Gasteiger partial charge in [0.2, 0.25) is 5.91 Å². The number of ketones is 1. The van der Waals surface area contributed by atoms with Crippen molar-refractivity contribution in [3.63, 3.8) is 0 Å². The first kappa shape index (κ1) is 21.1. The van der Waals surface area contributed by atoms with Gasteiger partial charge in [-0.3, -0.25) is 19.4 Å². The number of ether oxygens (including phenoxy) is 1. The molecule has 0 aromatic heterocycles. The van der Waals surface area contributed by atoms with E-state index in [0.29, 0.717) is 12.0 Å². The second kappa shape index (κ2) is 8.27. The Balaban J connectivity index is 1.24. The highest BCUT2D eigenvalue weighted by molar-refractivity contribution is 5.99. The van der Waals surface area contributed by atoms with Gasteiger partial charge in [0.05, 0.1) is 18.4 Å². The number of carbonyl (C=O) groups excluding carboxylic acids is 3. The Morgan fingerprint density at radius 2 is 2.09 bits per heavy atom. The number of alkyl halides is 1. The van der Waals surface area contributed by atoms with E-state index in [4.69, 9.17) is 4.74 Å². The molecule has 4 heterocycles. The van der Waals surface area contributed by atoms with Crippen molar-refractivity contribution in [3.05, 3.63) is 35.4 Å². The van der Waals surface area contributed by atoms with Crippen LogP contribution in [0.5, 0.6) is 0 Å². The van der Waals surface area contributed by atoms with Gasteiger partial charge in [-0.15, -0.1) is 0 Å². The van der Waals surface area contributed by atoms with Gasteiger partial charge in [-0.2, -0.15) is 0 Å². The van der Waals surface area contributed by atoms with Gasteiger partial charge >= 0.3 is 0 Å². The maximum Gasteiger partial charge on any atom is 0.251 e. The average molecular weight is 442 g/mol. The Kier molecular flexibility index (Phi) is 5.44. The zero-order valence-corrected chi connectivity index (χ0v) is 17.9. The molecule has 0 bridgehead atoms. The number of aliphatic imine (C=N–C) groups is 1. The number of carbonyl (C=O) groups is 3. The molecule has 8 nitrogen and oxygen atoms in total. The molecule has 9 heteroatoms. The Morgan fingerprint density at radius 3 is 2.81 bits per heavy atom. The molecule has 170 valence electrons. The molecule has 32 heavy (non-hydrogen) atoms. The van der Waals surface area contributed by atoms with Crippen molar-refractivity contribution in [2.24, 2.45) is 10.9 Å². The largest absolute Gasteiger partial charge is 0.374 e. The summed E-state index contributed by atoms with van der Waals surface area (Å²) in [5.74, 6) is -1.24. The van der Waals surface area contributed by atoms with E-state index in [1.807, 2.05) is 19.1 Å². The lowest BCUT2D eigenvalue weighted by molar-refractivity contribution is -0.145. The number of nitrogens with one attached hydrogen (secondary N) is 2. The van der Waals surface area contributed by atoms with Crippen LogP contribution in [-0.2, 0) is 20.7 Å². The van der Waals surface area contributed by atoms with Crippen molar-refractivity contribution in [1.82, 2.24) is 15.5 Å². The van der Waals surface area contributed by atoms with Crippen LogP contribution < -0.4 is 10.6 Å². The Bertz CT molecular complexity index is 952. The van der Waals surface area contributed by atoms with Gasteiger partial charge in [0.15, 0.2) is 5.78 Å². The number of halogens is 1. The van der Waals surface area contributed by atoms with Crippen molar-refractivity contribution in [2.75, 3.05) is 13.2 Å². The van der Waals surface area contributed by atoms with E-state index in [9.17, 15) is 18.8 Å². The monoisotopic (exact) mass is 442 g/mol. The van der Waals surface area contributed by atoms with Gasteiger partial charge < -0.3 is 20.3 Å². The zero-order valence-electron chi connectivity index (χ0n) is 17.9. The van der Waals surface area contributed by atoms with Gasteiger partial charge in [-0.05, 0) is 42.9 Å². The summed E-state index contributed by atoms with van der Waals surface area (Å²) in [4.78, 5) is 43.9. The van der Waals surface area contributed by atoms with Crippen LogP contribution in [-0.4, -0.2) is 78.4 Å². The summed E-state index contributed by atoms with van der Waals surface area (Å²) in [6.07, 6.45) is 1.57. The van der Waals surface area contributed by atoms with Gasteiger partial charge in [0.1, 0.15) is 31.0 Å². The van der Waals surface area contributed by atoms with Crippen LogP contribution in [0.15, 0.2) is 29.3 Å². The molecule has 0 aliphatic carbocycles. The van der Waals surface area contributed by atoms with Gasteiger partial charge in [0, 0.05) is 12.1 Å². The van der Waals surface area contributed by atoms with Gasteiger partial charge in [-0.25, -0.2) is 4.39 Å². The van der Waals surface area contributed by atoms with E-state index in [-0.39, 0.29) is 30.3 Å². The first-order chi connectivity index (χ1) is 15.4. The molecule has 4 aliphatic rings. The summed E-state index contributed by atoms with van der Waals surface area (Å²) in [6.45, 7) is 2.53. The highest BCUT2D eigenvalue weighted by Crippen LogP contribution is 2.41. The summed E-state index contributed by atoms with van der Waals surface area (Å²) in [5, 5.41) is 5.89. The fraction of sp³-hybridized carbons (Fsp3) is 0.565. The molecule has 0 saturated carbocycles. The second-order valence-corrected chi connectivity index (χ2v) is 9.18. The normalized spacial score (nSPS) is 35.6. The summed E-state index contributed by atoms with van der Waals surface area (Å²) < 4.78 is 20.2. The van der Waals surface area contributed by atoms with Crippen LogP contribution in [0.4, 0.5) is 4.39 Å². The number of rotatable bonds is 5. The minimum absolute atomic E-state index is 0.173. The van der Waals surface area contributed by atoms with E-state index < -0.39 is 36.3 Å². The highest BCUT2D eigenvalue weighted by atomic mass is 19.1. The number of amides is 2. The minimum Gasteiger partial charge on any atom is -0.374 e. The topological polar surface area (TPSA) is 100 Å². The highest BCUT2D eigenvalue weighted by Gasteiger charge is 2.62. The lowest BCUT2D eigenvalue weighted by Gasteiger charge is -2.41. The molecule has 0 spiro atoms. The number of piperidine rings is 1. The SMILES string of the molecule is CC1C[C@H](NC(=O)c2ccc(CCC3CNC=N3)cc2)C(=O)N2C1[C@H](F)[C@H]1OCC(=O)[C@H]12. The van der Waals surface area contributed by atoms with Crippen LogP contribution in [0.1, 0.15) is 35.7 Å². The number of nitrogens with zero attached hydrogens (tertiary/aromatic N) is 2. The quantitative estimate of drug-likeness (QED) is 0.697. The van der Waals surface area contributed by atoms with Crippen molar-refractivity contribution >= 4 is 23.9 Å². The standard InChI is InChI=1S/C23H27FN4O4/c1-12-8-16(23(31)28-19(12)18(24)21-20(28)17(29)10-32-21)27-22(30)14-5-2-13(3-6-14)4-7-15-9-25-11-26-15/h2-3,5-6,11-12,15-16,18-21H,4,7-10H2,1H3,(H,25,26)(H,27,30)/t12?,15?,16-,18-,19?,20+,21+/m0/s1. The van der Waals surface area contributed by atoms with Crippen LogP contribution in [0.2, 0.25) is 0 Å². The van der Waals surface area contributed by atoms with Crippen molar-refractivity contribution in [2.45, 2.75) is 62.6 Å².